The van der Waals surface area contributed by atoms with Gasteiger partial charge in [-0.15, -0.1) is 0 Å². The normalized spacial score (nSPS) is 26.4. The molecule has 0 saturated carbocycles. The van der Waals surface area contributed by atoms with E-state index in [0.29, 0.717) is 5.92 Å². The van der Waals surface area contributed by atoms with Crippen LogP contribution in [0.5, 0.6) is 0 Å². The second-order valence-corrected chi connectivity index (χ2v) is 11.1. The predicted octanol–water partition coefficient (Wildman–Crippen LogP) is 6.92. The van der Waals surface area contributed by atoms with Gasteiger partial charge in [0.05, 0.1) is 6.04 Å². The number of benzene rings is 2. The second kappa shape index (κ2) is 10.3. The molecule has 6 rings (SSSR count). The fourth-order valence-electron chi connectivity index (χ4n) is 6.75. The van der Waals surface area contributed by atoms with E-state index >= 15 is 0 Å². The van der Waals surface area contributed by atoms with Crippen LogP contribution in [-0.4, -0.2) is 36.7 Å². The minimum Gasteiger partial charge on any atom is -0.445 e. The number of hydrogen-bond acceptors (Lipinski definition) is 3. The molecule has 188 valence electrons. The fourth-order valence-corrected chi connectivity index (χ4v) is 6.75. The molecule has 1 unspecified atom stereocenters. The van der Waals surface area contributed by atoms with Gasteiger partial charge in [0.25, 0.3) is 0 Å². The number of carbonyl (C=O) groups is 1. The van der Waals surface area contributed by atoms with Crippen LogP contribution < -0.4 is 5.32 Å². The van der Waals surface area contributed by atoms with Gasteiger partial charge in [0.2, 0.25) is 0 Å². The van der Waals surface area contributed by atoms with E-state index in [1.807, 2.05) is 0 Å². The molecule has 2 aromatic rings. The van der Waals surface area contributed by atoms with Gasteiger partial charge < -0.3 is 10.1 Å². The smallest absolute Gasteiger partial charge is 0.407 e. The monoisotopic (exact) mass is 474 g/mol. The van der Waals surface area contributed by atoms with Crippen molar-refractivity contribution in [3.05, 3.63) is 59.2 Å². The maximum absolute atomic E-state index is 13.1. The van der Waals surface area contributed by atoms with Gasteiger partial charge in [0.1, 0.15) is 6.10 Å². The summed E-state index contributed by atoms with van der Waals surface area (Å²) in [6, 6.07) is 15.9. The number of piperidine rings is 3. The minimum absolute atomic E-state index is 0.00607. The lowest BCUT2D eigenvalue weighted by molar-refractivity contribution is -0.0353. The summed E-state index contributed by atoms with van der Waals surface area (Å²) < 4.78 is 6.02. The quantitative estimate of drug-likeness (QED) is 0.451. The Morgan fingerprint density at radius 1 is 1.03 bits per heavy atom. The van der Waals surface area contributed by atoms with Crippen LogP contribution in [0.25, 0.3) is 11.1 Å². The van der Waals surface area contributed by atoms with Crippen LogP contribution in [0.4, 0.5) is 4.79 Å². The van der Waals surface area contributed by atoms with Crippen molar-refractivity contribution in [1.82, 2.24) is 10.2 Å². The summed E-state index contributed by atoms with van der Waals surface area (Å²) in [6.07, 6.45) is 8.80. The molecule has 3 heterocycles. The molecule has 1 aliphatic carbocycles. The first-order chi connectivity index (χ1) is 17.0. The van der Waals surface area contributed by atoms with Crippen LogP contribution in [0.3, 0.4) is 0 Å². The lowest BCUT2D eigenvalue weighted by atomic mass is 9.76. The standard InChI is InChI=1S/C31H42N2O2/c1-4-7-8-22-9-11-23(12-10-22)25-13-14-27-26(19-25)20-31(5-2,6-3)29(27)32-30(34)35-28-21-33-17-15-24(28)16-18-33/h9-14,19,24,28-29H,4-8,15-18,20-21H2,1-3H3,(H,32,34)/t28-,29?/m1/s1. The van der Waals surface area contributed by atoms with Gasteiger partial charge in [-0.2, -0.15) is 0 Å². The Balaban J connectivity index is 1.33. The number of nitrogens with zero attached hydrogens (tertiary/aromatic N) is 1. The van der Waals surface area contributed by atoms with Crippen molar-refractivity contribution in [2.45, 2.75) is 84.3 Å². The molecule has 35 heavy (non-hydrogen) atoms. The zero-order chi connectivity index (χ0) is 24.4. The number of fused-ring (bicyclic) bond motifs is 4. The van der Waals surface area contributed by atoms with E-state index < -0.39 is 0 Å². The Bertz CT molecular complexity index is 1020. The summed E-state index contributed by atoms with van der Waals surface area (Å²) in [5.74, 6) is 0.527. The van der Waals surface area contributed by atoms with Crippen LogP contribution in [0, 0.1) is 11.3 Å². The van der Waals surface area contributed by atoms with Crippen LogP contribution in [0.2, 0.25) is 0 Å². The molecule has 2 bridgehead atoms. The fraction of sp³-hybridized carbons (Fsp3) is 0.581. The molecule has 0 radical (unpaired) electrons. The molecule has 3 fully saturated rings. The average Bonchev–Trinajstić information content (AvgIpc) is 3.21. The highest BCUT2D eigenvalue weighted by molar-refractivity contribution is 5.70. The van der Waals surface area contributed by atoms with E-state index in [9.17, 15) is 4.79 Å². The Morgan fingerprint density at radius 3 is 2.37 bits per heavy atom. The van der Waals surface area contributed by atoms with E-state index in [-0.39, 0.29) is 23.7 Å². The third-order valence-electron chi connectivity index (χ3n) is 9.24. The second-order valence-electron chi connectivity index (χ2n) is 11.1. The molecule has 2 aromatic carbocycles. The van der Waals surface area contributed by atoms with E-state index in [0.717, 1.165) is 58.2 Å². The van der Waals surface area contributed by atoms with E-state index in [1.54, 1.807) is 0 Å². The summed E-state index contributed by atoms with van der Waals surface area (Å²) in [6.45, 7) is 9.97. The molecule has 4 aliphatic rings. The molecule has 1 N–H and O–H groups in total. The van der Waals surface area contributed by atoms with Crippen LogP contribution >= 0.6 is 0 Å². The first-order valence-corrected chi connectivity index (χ1v) is 14.0. The van der Waals surface area contributed by atoms with Crippen LogP contribution in [0.1, 0.15) is 82.0 Å². The first kappa shape index (κ1) is 24.4. The number of carbonyl (C=O) groups excluding carboxylic acids is 1. The van der Waals surface area contributed by atoms with Gasteiger partial charge in [-0.25, -0.2) is 4.79 Å². The minimum atomic E-state index is -0.236. The summed E-state index contributed by atoms with van der Waals surface area (Å²) in [4.78, 5) is 15.6. The van der Waals surface area contributed by atoms with Crippen molar-refractivity contribution in [2.75, 3.05) is 19.6 Å². The molecule has 4 nitrogen and oxygen atoms in total. The molecule has 1 amide bonds. The Labute approximate surface area is 211 Å². The molecule has 3 aliphatic heterocycles. The molecule has 2 atom stereocenters. The lowest BCUT2D eigenvalue weighted by Gasteiger charge is -2.44. The number of aryl methyl sites for hydroxylation is 1. The molecular weight excluding hydrogens is 432 g/mol. The highest BCUT2D eigenvalue weighted by atomic mass is 16.6. The summed E-state index contributed by atoms with van der Waals surface area (Å²) in [7, 11) is 0. The molecular formula is C31H42N2O2. The highest BCUT2D eigenvalue weighted by Crippen LogP contribution is 2.51. The molecule has 4 heteroatoms. The SMILES string of the molecule is CCCCc1ccc(-c2ccc3c(c2)CC(CC)(CC)C3NC(=O)O[C@@H]2CN3CCC2CC3)cc1. The summed E-state index contributed by atoms with van der Waals surface area (Å²) >= 11 is 0. The molecule has 0 spiro atoms. The largest absolute Gasteiger partial charge is 0.445 e. The Kier molecular flexibility index (Phi) is 7.20. The van der Waals surface area contributed by atoms with Gasteiger partial charge in [0, 0.05) is 6.54 Å². The third kappa shape index (κ3) is 4.87. The van der Waals surface area contributed by atoms with Gasteiger partial charge >= 0.3 is 6.09 Å². The number of rotatable bonds is 8. The average molecular weight is 475 g/mol. The van der Waals surface area contributed by atoms with E-state index in [1.165, 1.54) is 40.7 Å². The van der Waals surface area contributed by atoms with Crippen molar-refractivity contribution in [3.63, 3.8) is 0 Å². The van der Waals surface area contributed by atoms with E-state index in [4.69, 9.17) is 4.74 Å². The van der Waals surface area contributed by atoms with Crippen molar-refractivity contribution in [1.29, 1.82) is 0 Å². The maximum atomic E-state index is 13.1. The van der Waals surface area contributed by atoms with Crippen molar-refractivity contribution >= 4 is 6.09 Å². The zero-order valence-corrected chi connectivity index (χ0v) is 21.8. The van der Waals surface area contributed by atoms with Crippen molar-refractivity contribution in [3.8, 4) is 11.1 Å². The molecule has 0 aromatic heterocycles. The topological polar surface area (TPSA) is 41.6 Å². The number of unbranched alkanes of at least 4 members (excludes halogenated alkanes) is 1. The Hall–Kier alpha value is -2.33. The van der Waals surface area contributed by atoms with Crippen molar-refractivity contribution < 1.29 is 9.53 Å². The number of hydrogen-bond donors (Lipinski definition) is 1. The highest BCUT2D eigenvalue weighted by Gasteiger charge is 2.45. The van der Waals surface area contributed by atoms with Crippen LogP contribution in [-0.2, 0) is 17.6 Å². The number of amides is 1. The van der Waals surface area contributed by atoms with Crippen LogP contribution in [0.15, 0.2) is 42.5 Å². The Morgan fingerprint density at radius 2 is 1.74 bits per heavy atom. The molecule has 3 saturated heterocycles. The zero-order valence-electron chi connectivity index (χ0n) is 21.8. The predicted molar refractivity (Wildman–Crippen MR) is 143 cm³/mol. The number of nitrogens with one attached hydrogen (secondary N) is 1. The lowest BCUT2D eigenvalue weighted by Crippen LogP contribution is -2.53. The summed E-state index contributed by atoms with van der Waals surface area (Å²) in [5, 5.41) is 3.34. The first-order valence-electron chi connectivity index (χ1n) is 14.0. The van der Waals surface area contributed by atoms with Crippen molar-refractivity contribution in [2.24, 2.45) is 11.3 Å². The van der Waals surface area contributed by atoms with Gasteiger partial charge in [-0.1, -0.05) is 69.7 Å². The van der Waals surface area contributed by atoms with Gasteiger partial charge in [-0.05, 0) is 97.2 Å². The number of ether oxygens (including phenoxy) is 1. The van der Waals surface area contributed by atoms with E-state index in [2.05, 4.69) is 73.5 Å². The third-order valence-corrected chi connectivity index (χ3v) is 9.24. The summed E-state index contributed by atoms with van der Waals surface area (Å²) in [5.41, 5.74) is 6.63. The maximum Gasteiger partial charge on any atom is 0.407 e. The van der Waals surface area contributed by atoms with Gasteiger partial charge in [-0.3, -0.25) is 4.90 Å². The number of alkyl carbamates (subject to hydrolysis) is 1. The van der Waals surface area contributed by atoms with Gasteiger partial charge in [0.15, 0.2) is 0 Å².